The van der Waals surface area contributed by atoms with E-state index in [0.717, 1.165) is 0 Å². The van der Waals surface area contributed by atoms with E-state index < -0.39 is 0 Å². The Morgan fingerprint density at radius 3 is 2.80 bits per heavy atom. The second kappa shape index (κ2) is 5.46. The Hall–Kier alpha value is -1.42. The highest BCUT2D eigenvalue weighted by atomic mass is 32.1. The molecule has 1 unspecified atom stereocenters. The van der Waals surface area contributed by atoms with Crippen LogP contribution < -0.4 is 10.6 Å². The molecule has 0 saturated carbocycles. The Morgan fingerprint density at radius 1 is 1.53 bits per heavy atom. The molecule has 0 bridgehead atoms. The lowest BCUT2D eigenvalue weighted by Crippen LogP contribution is -2.34. The average Bonchev–Trinajstić information content (AvgIpc) is 2.21. The summed E-state index contributed by atoms with van der Waals surface area (Å²) in [6.07, 6.45) is 1.72. The number of anilines is 1. The number of thiocarbonyl (C=S) groups is 1. The molecule has 0 heterocycles. The first-order valence-electron chi connectivity index (χ1n) is 4.58. The largest absolute Gasteiger partial charge is 0.357 e. The zero-order chi connectivity index (χ0) is 11.3. The van der Waals surface area contributed by atoms with Gasteiger partial charge in [-0.1, -0.05) is 18.2 Å². The molecule has 0 aliphatic carbocycles. The third-order valence-corrected chi connectivity index (χ3v) is 2.05. The molecule has 0 fully saturated rings. The predicted molar refractivity (Wildman–Crippen MR) is 65.4 cm³/mol. The van der Waals surface area contributed by atoms with Gasteiger partial charge in [0, 0.05) is 6.04 Å². The van der Waals surface area contributed by atoms with Crippen molar-refractivity contribution in [3.05, 3.63) is 42.7 Å². The quantitative estimate of drug-likeness (QED) is 0.609. The Kier molecular flexibility index (Phi) is 4.24. The number of nitrogens with one attached hydrogen (secondary N) is 2. The third kappa shape index (κ3) is 3.67. The maximum atomic E-state index is 13.2. The molecule has 1 aromatic rings. The number of para-hydroxylation sites is 1. The van der Waals surface area contributed by atoms with Gasteiger partial charge < -0.3 is 10.6 Å². The standard InChI is InChI=1S/C11H13FN2S/c1-3-8(2)13-11(15)14-10-7-5-4-6-9(10)12/h3-8H,1H2,2H3,(H2,13,14,15). The minimum Gasteiger partial charge on any atom is -0.357 e. The molecule has 15 heavy (non-hydrogen) atoms. The number of halogens is 1. The van der Waals surface area contributed by atoms with Crippen LogP contribution in [0.2, 0.25) is 0 Å². The van der Waals surface area contributed by atoms with E-state index in [4.69, 9.17) is 12.2 Å². The highest BCUT2D eigenvalue weighted by molar-refractivity contribution is 7.80. The van der Waals surface area contributed by atoms with Crippen LogP contribution in [0.1, 0.15) is 6.92 Å². The molecule has 0 saturated heterocycles. The van der Waals surface area contributed by atoms with Crippen LogP contribution in [0.25, 0.3) is 0 Å². The van der Waals surface area contributed by atoms with Crippen LogP contribution in [0.3, 0.4) is 0 Å². The molecule has 0 radical (unpaired) electrons. The Morgan fingerprint density at radius 2 is 2.20 bits per heavy atom. The normalized spacial score (nSPS) is 11.6. The smallest absolute Gasteiger partial charge is 0.171 e. The second-order valence-electron chi connectivity index (χ2n) is 3.10. The van der Waals surface area contributed by atoms with Crippen molar-refractivity contribution in [2.24, 2.45) is 0 Å². The Balaban J connectivity index is 2.59. The summed E-state index contributed by atoms with van der Waals surface area (Å²) in [5.74, 6) is -0.326. The zero-order valence-electron chi connectivity index (χ0n) is 8.46. The number of rotatable bonds is 3. The molecule has 1 rings (SSSR count). The van der Waals surface area contributed by atoms with Crippen LogP contribution in [0.5, 0.6) is 0 Å². The SMILES string of the molecule is C=CC(C)NC(=S)Nc1ccccc1F. The molecule has 0 aliphatic heterocycles. The van der Waals surface area contributed by atoms with Gasteiger partial charge in [0.1, 0.15) is 5.82 Å². The zero-order valence-corrected chi connectivity index (χ0v) is 9.27. The topological polar surface area (TPSA) is 24.1 Å². The van der Waals surface area contributed by atoms with Crippen LogP contribution >= 0.6 is 12.2 Å². The van der Waals surface area contributed by atoms with Crippen molar-refractivity contribution in [1.29, 1.82) is 0 Å². The lowest BCUT2D eigenvalue weighted by Gasteiger charge is -2.13. The van der Waals surface area contributed by atoms with Crippen molar-refractivity contribution >= 4 is 23.0 Å². The maximum Gasteiger partial charge on any atom is 0.171 e. The maximum absolute atomic E-state index is 13.2. The van der Waals surface area contributed by atoms with Crippen LogP contribution in [0.15, 0.2) is 36.9 Å². The fraction of sp³-hybridized carbons (Fsp3) is 0.182. The highest BCUT2D eigenvalue weighted by Gasteiger charge is 2.03. The molecule has 1 atom stereocenters. The number of hydrogen-bond acceptors (Lipinski definition) is 1. The first-order chi connectivity index (χ1) is 7.13. The van der Waals surface area contributed by atoms with E-state index in [2.05, 4.69) is 17.2 Å². The van der Waals surface area contributed by atoms with Gasteiger partial charge >= 0.3 is 0 Å². The summed E-state index contributed by atoms with van der Waals surface area (Å²) < 4.78 is 13.2. The van der Waals surface area contributed by atoms with E-state index in [0.29, 0.717) is 10.8 Å². The van der Waals surface area contributed by atoms with Gasteiger partial charge in [-0.2, -0.15) is 0 Å². The van der Waals surface area contributed by atoms with Gasteiger partial charge in [-0.3, -0.25) is 0 Å². The van der Waals surface area contributed by atoms with Crippen LogP contribution in [-0.4, -0.2) is 11.2 Å². The van der Waals surface area contributed by atoms with E-state index in [1.165, 1.54) is 6.07 Å². The van der Waals surface area contributed by atoms with Crippen molar-refractivity contribution in [3.63, 3.8) is 0 Å². The fourth-order valence-electron chi connectivity index (χ4n) is 0.987. The van der Waals surface area contributed by atoms with E-state index >= 15 is 0 Å². The second-order valence-corrected chi connectivity index (χ2v) is 3.51. The van der Waals surface area contributed by atoms with Crippen molar-refractivity contribution in [2.45, 2.75) is 13.0 Å². The summed E-state index contributed by atoms with van der Waals surface area (Å²) in [5, 5.41) is 6.10. The van der Waals surface area contributed by atoms with Gasteiger partial charge in [0.25, 0.3) is 0 Å². The van der Waals surface area contributed by atoms with E-state index in [1.807, 2.05) is 6.92 Å². The van der Waals surface area contributed by atoms with Gasteiger partial charge in [-0.15, -0.1) is 6.58 Å². The summed E-state index contributed by atoms with van der Waals surface area (Å²) in [5.41, 5.74) is 0.367. The summed E-state index contributed by atoms with van der Waals surface area (Å²) in [7, 11) is 0. The number of hydrogen-bond donors (Lipinski definition) is 2. The van der Waals surface area contributed by atoms with Gasteiger partial charge in [-0.25, -0.2) is 4.39 Å². The van der Waals surface area contributed by atoms with E-state index in [1.54, 1.807) is 24.3 Å². The average molecular weight is 224 g/mol. The first kappa shape index (κ1) is 11.7. The van der Waals surface area contributed by atoms with Crippen LogP contribution in [0, 0.1) is 5.82 Å². The van der Waals surface area contributed by atoms with Gasteiger partial charge in [0.2, 0.25) is 0 Å². The van der Waals surface area contributed by atoms with Crippen molar-refractivity contribution < 1.29 is 4.39 Å². The predicted octanol–water partition coefficient (Wildman–Crippen LogP) is 2.69. The minimum absolute atomic E-state index is 0.0526. The fourth-order valence-corrected chi connectivity index (χ4v) is 1.28. The van der Waals surface area contributed by atoms with Crippen molar-refractivity contribution in [1.82, 2.24) is 5.32 Å². The molecular formula is C11H13FN2S. The molecule has 0 spiro atoms. The molecule has 1 aromatic carbocycles. The van der Waals surface area contributed by atoms with Crippen molar-refractivity contribution in [2.75, 3.05) is 5.32 Å². The lowest BCUT2D eigenvalue weighted by molar-refractivity contribution is 0.632. The highest BCUT2D eigenvalue weighted by Crippen LogP contribution is 2.11. The third-order valence-electron chi connectivity index (χ3n) is 1.83. The summed E-state index contributed by atoms with van der Waals surface area (Å²) in [4.78, 5) is 0. The number of benzene rings is 1. The lowest BCUT2D eigenvalue weighted by atomic mass is 10.3. The summed E-state index contributed by atoms with van der Waals surface area (Å²) >= 11 is 5.00. The van der Waals surface area contributed by atoms with Crippen LogP contribution in [-0.2, 0) is 0 Å². The van der Waals surface area contributed by atoms with Gasteiger partial charge in [0.05, 0.1) is 5.69 Å². The van der Waals surface area contributed by atoms with Gasteiger partial charge in [-0.05, 0) is 31.3 Å². The Bertz CT molecular complexity index is 365. The molecule has 0 aliphatic rings. The molecule has 2 N–H and O–H groups in total. The molecule has 0 amide bonds. The van der Waals surface area contributed by atoms with E-state index in [-0.39, 0.29) is 11.9 Å². The molecule has 4 heteroatoms. The molecule has 0 aromatic heterocycles. The Labute approximate surface area is 94.2 Å². The molecule has 80 valence electrons. The van der Waals surface area contributed by atoms with Crippen LogP contribution in [0.4, 0.5) is 10.1 Å². The molecular weight excluding hydrogens is 211 g/mol. The summed E-state index contributed by atoms with van der Waals surface area (Å²) in [6.45, 7) is 5.52. The molecule has 2 nitrogen and oxygen atoms in total. The van der Waals surface area contributed by atoms with Gasteiger partial charge in [0.15, 0.2) is 5.11 Å². The summed E-state index contributed by atoms with van der Waals surface area (Å²) in [6, 6.07) is 6.43. The monoisotopic (exact) mass is 224 g/mol. The van der Waals surface area contributed by atoms with Crippen molar-refractivity contribution in [3.8, 4) is 0 Å². The first-order valence-corrected chi connectivity index (χ1v) is 4.99. The van der Waals surface area contributed by atoms with E-state index in [9.17, 15) is 4.39 Å². The minimum atomic E-state index is -0.326.